The third-order valence-electron chi connectivity index (χ3n) is 1.46. The third-order valence-corrected chi connectivity index (χ3v) is 1.87. The second-order valence-electron chi connectivity index (χ2n) is 3.70. The maximum absolute atomic E-state index is 10.3. The van der Waals surface area contributed by atoms with E-state index in [1.54, 1.807) is 6.07 Å². The predicted molar refractivity (Wildman–Crippen MR) is 54.9 cm³/mol. The van der Waals surface area contributed by atoms with Crippen LogP contribution < -0.4 is 4.72 Å². The maximum atomic E-state index is 10.3. The Kier molecular flexibility index (Phi) is 5.14. The predicted octanol–water partition coefficient (Wildman–Crippen LogP) is 0.530. The van der Waals surface area contributed by atoms with Gasteiger partial charge in [0.25, 0.3) is 0 Å². The Labute approximate surface area is 107 Å². The van der Waals surface area contributed by atoms with Crippen LogP contribution in [0.2, 0.25) is 0 Å². The summed E-state index contributed by atoms with van der Waals surface area (Å²) >= 11 is 0. The van der Waals surface area contributed by atoms with Gasteiger partial charge in [-0.3, -0.25) is 4.72 Å². The van der Waals surface area contributed by atoms with Crippen LogP contribution in [0, 0.1) is 0 Å². The van der Waals surface area contributed by atoms with Crippen molar-refractivity contribution in [2.75, 3.05) is 4.72 Å². The summed E-state index contributed by atoms with van der Waals surface area (Å²) in [6.07, 6.45) is 0. The minimum atomic E-state index is -2.67. The van der Waals surface area contributed by atoms with Crippen LogP contribution in [0.5, 0.6) is 0 Å². The zero-order valence-corrected chi connectivity index (χ0v) is 11.6. The van der Waals surface area contributed by atoms with Gasteiger partial charge in [0, 0.05) is 41.0 Å². The van der Waals surface area contributed by atoms with Crippen LogP contribution in [-0.2, 0) is 16.3 Å². The minimum absolute atomic E-state index is 0. The van der Waals surface area contributed by atoms with Crippen LogP contribution in [0.15, 0.2) is 10.6 Å². The van der Waals surface area contributed by atoms with Gasteiger partial charge in [-0.25, -0.2) is 8.42 Å². The largest absolute Gasteiger partial charge is 0.359 e. The Hall–Kier alpha value is -0.0400. The van der Waals surface area contributed by atoms with Gasteiger partial charge in [0.2, 0.25) is 10.9 Å². The molecule has 0 amide bonds. The van der Waals surface area contributed by atoms with Gasteiger partial charge in [-0.05, 0) is 0 Å². The summed E-state index contributed by atoms with van der Waals surface area (Å²) in [5.41, 5.74) is -0.165. The fraction of sp³-hybridized carbons (Fsp3) is 0.571. The van der Waals surface area contributed by atoms with E-state index in [1.807, 2.05) is 20.8 Å². The van der Waals surface area contributed by atoms with Crippen LogP contribution in [0.4, 0.5) is 5.82 Å². The molecule has 5 nitrogen and oxygen atoms in total. The summed E-state index contributed by atoms with van der Waals surface area (Å²) < 4.78 is 27.6. The van der Waals surface area contributed by atoms with E-state index in [-0.39, 0.29) is 40.8 Å². The number of hydrogen-bond acceptors (Lipinski definition) is 4. The zero-order valence-electron chi connectivity index (χ0n) is 8.70. The van der Waals surface area contributed by atoms with E-state index in [1.165, 1.54) is 0 Å². The van der Waals surface area contributed by atoms with Gasteiger partial charge in [0.15, 0.2) is 5.82 Å². The van der Waals surface area contributed by atoms with Crippen LogP contribution in [0.3, 0.4) is 0 Å². The summed E-state index contributed by atoms with van der Waals surface area (Å²) in [7, 11) is -2.67. The van der Waals surface area contributed by atoms with Crippen molar-refractivity contribution in [1.29, 1.82) is 0 Å². The number of rotatable bonds is 2. The number of hydrogen-bond donors (Lipinski definition) is 2. The van der Waals surface area contributed by atoms with Gasteiger partial charge >= 0.3 is 0 Å². The molecule has 0 bridgehead atoms. The average Bonchev–Trinajstić information content (AvgIpc) is 2.32. The Bertz CT molecular complexity index is 359. The molecule has 1 radical (unpaired) electrons. The van der Waals surface area contributed by atoms with E-state index in [4.69, 9.17) is 4.52 Å². The normalized spacial score (nSPS) is 11.1. The van der Waals surface area contributed by atoms with E-state index >= 15 is 0 Å². The van der Waals surface area contributed by atoms with Crippen LogP contribution in [0.1, 0.15) is 26.5 Å². The fourth-order valence-electron chi connectivity index (χ4n) is 0.775. The van der Waals surface area contributed by atoms with Crippen molar-refractivity contribution in [3.63, 3.8) is 0 Å². The van der Waals surface area contributed by atoms with Gasteiger partial charge in [-0.15, -0.1) is 0 Å². The van der Waals surface area contributed by atoms with E-state index in [0.717, 1.165) is 0 Å². The first-order valence-corrected chi connectivity index (χ1v) is 4.95. The van der Waals surface area contributed by atoms with Gasteiger partial charge < -0.3 is 4.52 Å². The van der Waals surface area contributed by atoms with Gasteiger partial charge in [0.05, 0.1) is 0 Å². The maximum Gasteiger partial charge on any atom is 0.223 e. The molecular formula is C7H12N2NaO3S. The fourth-order valence-corrected chi connectivity index (χ4v) is 1.07. The topological polar surface area (TPSA) is 72.2 Å². The van der Waals surface area contributed by atoms with E-state index in [0.29, 0.717) is 5.76 Å². The molecule has 0 aliphatic carbocycles. The van der Waals surface area contributed by atoms with Crippen LogP contribution >= 0.6 is 0 Å². The van der Waals surface area contributed by atoms with Gasteiger partial charge in [-0.2, -0.15) is 0 Å². The smallest absolute Gasteiger partial charge is 0.223 e. The first-order chi connectivity index (χ1) is 5.89. The van der Waals surface area contributed by atoms with Crippen molar-refractivity contribution in [1.82, 2.24) is 5.16 Å². The molecule has 7 heteroatoms. The van der Waals surface area contributed by atoms with Gasteiger partial charge in [-0.1, -0.05) is 25.9 Å². The van der Waals surface area contributed by atoms with Crippen molar-refractivity contribution in [3.05, 3.63) is 11.8 Å². The third kappa shape index (κ3) is 4.00. The van der Waals surface area contributed by atoms with Crippen LogP contribution in [0.25, 0.3) is 0 Å². The molecule has 1 rings (SSSR count). The summed E-state index contributed by atoms with van der Waals surface area (Å²) in [5, 5.41) is 3.55. The zero-order chi connectivity index (χ0) is 10.1. The molecule has 0 saturated carbocycles. The standard InChI is InChI=1S/C7H12N2O3S.Na/c1-7(2,3)5-4-6(8-12-5)9-13(10)11;/h4,13H,1-3H3,(H,8,9,10,11);. The summed E-state index contributed by atoms with van der Waals surface area (Å²) in [6.45, 7) is 5.86. The Morgan fingerprint density at radius 3 is 2.36 bits per heavy atom. The van der Waals surface area contributed by atoms with E-state index in [2.05, 4.69) is 9.88 Å². The van der Waals surface area contributed by atoms with E-state index in [9.17, 15) is 8.42 Å². The Morgan fingerprint density at radius 1 is 1.43 bits per heavy atom. The first-order valence-electron chi connectivity index (χ1n) is 3.78. The molecule has 0 unspecified atom stereocenters. The number of anilines is 1. The molecule has 0 spiro atoms. The molecule has 0 saturated heterocycles. The number of nitrogens with one attached hydrogen (secondary N) is 1. The summed E-state index contributed by atoms with van der Waals surface area (Å²) in [4.78, 5) is 0. The Morgan fingerprint density at radius 2 is 2.00 bits per heavy atom. The molecule has 1 aromatic heterocycles. The molecule has 0 atom stereocenters. The number of nitrogens with zero attached hydrogens (tertiary/aromatic N) is 1. The molecule has 75 valence electrons. The van der Waals surface area contributed by atoms with Crippen LogP contribution in [-0.4, -0.2) is 43.1 Å². The molecule has 0 fully saturated rings. The summed E-state index contributed by atoms with van der Waals surface area (Å²) in [5.74, 6) is 0.868. The van der Waals surface area contributed by atoms with Crippen molar-refractivity contribution in [2.24, 2.45) is 0 Å². The molecule has 1 N–H and O–H groups in total. The van der Waals surface area contributed by atoms with Crippen molar-refractivity contribution >= 4 is 46.3 Å². The van der Waals surface area contributed by atoms with Crippen molar-refractivity contribution < 1.29 is 12.9 Å². The molecule has 1 heterocycles. The molecule has 14 heavy (non-hydrogen) atoms. The number of thiol groups is 1. The minimum Gasteiger partial charge on any atom is -0.359 e. The molecule has 0 aromatic carbocycles. The average molecular weight is 227 g/mol. The monoisotopic (exact) mass is 227 g/mol. The first kappa shape index (κ1) is 14.0. The Balaban J connectivity index is 0.00000169. The molecule has 1 aromatic rings. The second-order valence-corrected chi connectivity index (χ2v) is 4.43. The number of aromatic nitrogens is 1. The van der Waals surface area contributed by atoms with Crippen molar-refractivity contribution in [2.45, 2.75) is 26.2 Å². The molecule has 0 aliphatic rings. The quantitative estimate of drug-likeness (QED) is 0.571. The van der Waals surface area contributed by atoms with Gasteiger partial charge in [0.1, 0.15) is 5.76 Å². The molecular weight excluding hydrogens is 215 g/mol. The van der Waals surface area contributed by atoms with Crippen molar-refractivity contribution in [3.8, 4) is 0 Å². The second kappa shape index (κ2) is 5.16. The molecule has 0 aliphatic heterocycles. The summed E-state index contributed by atoms with van der Waals surface area (Å²) in [6, 6.07) is 1.57. The van der Waals surface area contributed by atoms with E-state index < -0.39 is 10.9 Å². The SMILES string of the molecule is CC(C)(C)c1cc(N[SH](=O)=O)no1.[Na].